The summed E-state index contributed by atoms with van der Waals surface area (Å²) in [7, 11) is 0. The van der Waals surface area contributed by atoms with Gasteiger partial charge in [0.15, 0.2) is 0 Å². The summed E-state index contributed by atoms with van der Waals surface area (Å²) in [6, 6.07) is 13.0. The van der Waals surface area contributed by atoms with Crippen molar-refractivity contribution in [3.63, 3.8) is 0 Å². The van der Waals surface area contributed by atoms with Crippen molar-refractivity contribution in [3.8, 4) is 0 Å². The maximum Gasteiger partial charge on any atom is 0.254 e. The van der Waals surface area contributed by atoms with Crippen molar-refractivity contribution in [3.05, 3.63) is 112 Å². The Morgan fingerprint density at radius 2 is 2.06 bits per heavy atom. The Labute approximate surface area is 208 Å². The number of rotatable bonds is 7. The zero-order valence-corrected chi connectivity index (χ0v) is 20.1. The van der Waals surface area contributed by atoms with Gasteiger partial charge >= 0.3 is 0 Å². The first-order valence-corrected chi connectivity index (χ1v) is 11.9. The summed E-state index contributed by atoms with van der Waals surface area (Å²) >= 11 is 0. The van der Waals surface area contributed by atoms with Crippen LogP contribution in [0.15, 0.2) is 95.3 Å². The number of hydrogen-bond donors (Lipinski definition) is 2. The van der Waals surface area contributed by atoms with Gasteiger partial charge in [-0.2, -0.15) is 5.10 Å². The van der Waals surface area contributed by atoms with E-state index in [0.717, 1.165) is 22.8 Å². The molecule has 0 saturated heterocycles. The van der Waals surface area contributed by atoms with Crippen LogP contribution in [-0.4, -0.2) is 25.2 Å². The molecule has 3 N–H and O–H groups in total. The van der Waals surface area contributed by atoms with Crippen molar-refractivity contribution in [2.75, 3.05) is 5.73 Å². The third kappa shape index (κ3) is 5.12. The second kappa shape index (κ2) is 10.0. The number of hydrogen-bond acceptors (Lipinski definition) is 5. The number of allylic oxidation sites excluding steroid dienone is 4. The second-order valence-electron chi connectivity index (χ2n) is 9.20. The predicted octanol–water partition coefficient (Wildman–Crippen LogP) is 3.70. The lowest BCUT2D eigenvalue weighted by atomic mass is 9.88. The molecule has 3 heterocycles. The molecular weight excluding hydrogens is 452 g/mol. The molecule has 8 heteroatoms. The summed E-state index contributed by atoms with van der Waals surface area (Å²) in [5.41, 5.74) is 9.88. The molecule has 1 amide bonds. The fraction of sp³-hybridized carbons (Fsp3) is 0.214. The summed E-state index contributed by atoms with van der Waals surface area (Å²) in [6.45, 7) is 3.80. The molecule has 182 valence electrons. The van der Waals surface area contributed by atoms with Crippen LogP contribution in [0.5, 0.6) is 0 Å². The molecule has 0 aliphatic heterocycles. The standard InChI is InChI=1S/C28H28N6O2/c1-19-12-21(16-33-11-3-2-4-26(33)35)5-7-23(19)17-34-18-24(15-32-34)28(36)31-14-20-6-8-25-22(13-20)9-10-30-27(25)29/h2-11,13,15,18-19H,12,14,16-17H2,1H3,(H2,29,30)(H,31,36). The first kappa shape index (κ1) is 23.3. The van der Waals surface area contributed by atoms with E-state index in [1.165, 1.54) is 11.1 Å². The highest BCUT2D eigenvalue weighted by molar-refractivity contribution is 5.94. The SMILES string of the molecule is CC1CC(Cn2ccccc2=O)=CC=C1Cn1cc(C(=O)NCc2ccc3c(N)nccc3c2)cn1. The molecule has 0 radical (unpaired) electrons. The summed E-state index contributed by atoms with van der Waals surface area (Å²) in [4.78, 5) is 28.8. The number of fused-ring (bicyclic) bond motifs is 1. The van der Waals surface area contributed by atoms with Crippen LogP contribution >= 0.6 is 0 Å². The van der Waals surface area contributed by atoms with Crippen LogP contribution in [0.4, 0.5) is 5.82 Å². The van der Waals surface area contributed by atoms with E-state index in [1.807, 2.05) is 36.5 Å². The Hall–Kier alpha value is -4.46. The number of carbonyl (C=O) groups excluding carboxylic acids is 1. The van der Waals surface area contributed by atoms with E-state index >= 15 is 0 Å². The van der Waals surface area contributed by atoms with Crippen LogP contribution in [0.2, 0.25) is 0 Å². The molecule has 5 rings (SSSR count). The van der Waals surface area contributed by atoms with E-state index in [0.29, 0.717) is 36.9 Å². The lowest BCUT2D eigenvalue weighted by Gasteiger charge is -2.22. The van der Waals surface area contributed by atoms with E-state index in [9.17, 15) is 9.59 Å². The number of nitrogens with two attached hydrogens (primary N) is 1. The van der Waals surface area contributed by atoms with Crippen molar-refractivity contribution in [1.29, 1.82) is 0 Å². The molecule has 1 aliphatic rings. The van der Waals surface area contributed by atoms with Gasteiger partial charge < -0.3 is 15.6 Å². The monoisotopic (exact) mass is 480 g/mol. The summed E-state index contributed by atoms with van der Waals surface area (Å²) in [6.07, 6.45) is 12.0. The first-order chi connectivity index (χ1) is 17.5. The van der Waals surface area contributed by atoms with Crippen LogP contribution in [-0.2, 0) is 19.6 Å². The van der Waals surface area contributed by atoms with Crippen molar-refractivity contribution in [2.24, 2.45) is 5.92 Å². The average Bonchev–Trinajstić information content (AvgIpc) is 3.34. The molecule has 4 aromatic rings. The normalized spacial score (nSPS) is 15.4. The molecule has 1 atom stereocenters. The summed E-state index contributed by atoms with van der Waals surface area (Å²) in [5, 5.41) is 9.25. The topological polar surface area (TPSA) is 108 Å². The van der Waals surface area contributed by atoms with Gasteiger partial charge in [-0.3, -0.25) is 14.3 Å². The number of nitrogens with one attached hydrogen (secondary N) is 1. The highest BCUT2D eigenvalue weighted by Gasteiger charge is 2.17. The molecule has 1 aliphatic carbocycles. The number of anilines is 1. The van der Waals surface area contributed by atoms with Gasteiger partial charge in [0, 0.05) is 43.1 Å². The maximum absolute atomic E-state index is 12.7. The molecule has 36 heavy (non-hydrogen) atoms. The van der Waals surface area contributed by atoms with E-state index in [-0.39, 0.29) is 11.5 Å². The number of pyridine rings is 2. The zero-order valence-electron chi connectivity index (χ0n) is 20.1. The Bertz CT molecular complexity index is 1540. The number of aromatic nitrogens is 4. The van der Waals surface area contributed by atoms with E-state index in [4.69, 9.17) is 5.73 Å². The van der Waals surface area contributed by atoms with Gasteiger partial charge in [-0.25, -0.2) is 4.98 Å². The fourth-order valence-electron chi connectivity index (χ4n) is 4.52. The molecular formula is C28H28N6O2. The van der Waals surface area contributed by atoms with Crippen LogP contribution in [0.25, 0.3) is 10.8 Å². The van der Waals surface area contributed by atoms with Crippen molar-refractivity contribution in [1.82, 2.24) is 24.6 Å². The minimum absolute atomic E-state index is 0.00536. The third-order valence-electron chi connectivity index (χ3n) is 6.56. The average molecular weight is 481 g/mol. The fourth-order valence-corrected chi connectivity index (χ4v) is 4.52. The maximum atomic E-state index is 12.7. The first-order valence-electron chi connectivity index (χ1n) is 11.9. The van der Waals surface area contributed by atoms with Crippen LogP contribution in [0.3, 0.4) is 0 Å². The molecule has 8 nitrogen and oxygen atoms in total. The number of benzene rings is 1. The van der Waals surface area contributed by atoms with Gasteiger partial charge in [-0.05, 0) is 52.6 Å². The van der Waals surface area contributed by atoms with Gasteiger partial charge in [0.25, 0.3) is 11.5 Å². The Balaban J connectivity index is 1.20. The number of nitrogen functional groups attached to an aromatic ring is 1. The van der Waals surface area contributed by atoms with Gasteiger partial charge in [0.05, 0.1) is 18.3 Å². The van der Waals surface area contributed by atoms with Gasteiger partial charge in [0.1, 0.15) is 5.82 Å². The Morgan fingerprint density at radius 1 is 1.17 bits per heavy atom. The third-order valence-corrected chi connectivity index (χ3v) is 6.56. The van der Waals surface area contributed by atoms with Crippen molar-refractivity contribution >= 4 is 22.5 Å². The lowest BCUT2D eigenvalue weighted by molar-refractivity contribution is 0.0951. The van der Waals surface area contributed by atoms with E-state index < -0.39 is 0 Å². The number of nitrogens with zero attached hydrogens (tertiary/aromatic N) is 4. The smallest absolute Gasteiger partial charge is 0.254 e. The second-order valence-corrected chi connectivity index (χ2v) is 9.20. The molecule has 1 aromatic carbocycles. The number of amides is 1. The lowest BCUT2D eigenvalue weighted by Crippen LogP contribution is -2.22. The largest absolute Gasteiger partial charge is 0.383 e. The molecule has 0 spiro atoms. The van der Waals surface area contributed by atoms with Gasteiger partial charge in [-0.1, -0.05) is 37.3 Å². The molecule has 1 unspecified atom stereocenters. The highest BCUT2D eigenvalue weighted by Crippen LogP contribution is 2.27. The van der Waals surface area contributed by atoms with E-state index in [2.05, 4.69) is 34.5 Å². The van der Waals surface area contributed by atoms with Gasteiger partial charge in [-0.15, -0.1) is 0 Å². The van der Waals surface area contributed by atoms with Crippen molar-refractivity contribution in [2.45, 2.75) is 33.0 Å². The summed E-state index contributed by atoms with van der Waals surface area (Å²) < 4.78 is 3.52. The predicted molar refractivity (Wildman–Crippen MR) is 140 cm³/mol. The zero-order chi connectivity index (χ0) is 25.1. The molecule has 0 fully saturated rings. The molecule has 0 bridgehead atoms. The summed E-state index contributed by atoms with van der Waals surface area (Å²) in [5.74, 6) is 0.649. The molecule has 0 saturated carbocycles. The Morgan fingerprint density at radius 3 is 2.89 bits per heavy atom. The number of carbonyl (C=O) groups is 1. The van der Waals surface area contributed by atoms with Crippen LogP contribution < -0.4 is 16.6 Å². The highest BCUT2D eigenvalue weighted by atomic mass is 16.1. The van der Waals surface area contributed by atoms with E-state index in [1.54, 1.807) is 40.0 Å². The minimum atomic E-state index is -0.170. The Kier molecular flexibility index (Phi) is 6.49. The van der Waals surface area contributed by atoms with Gasteiger partial charge in [0.2, 0.25) is 0 Å². The van der Waals surface area contributed by atoms with Crippen LogP contribution in [0.1, 0.15) is 29.3 Å². The molecule has 3 aromatic heterocycles. The van der Waals surface area contributed by atoms with Crippen molar-refractivity contribution < 1.29 is 4.79 Å². The quantitative estimate of drug-likeness (QED) is 0.419. The minimum Gasteiger partial charge on any atom is -0.383 e. The van der Waals surface area contributed by atoms with Crippen LogP contribution in [0, 0.1) is 5.92 Å².